The van der Waals surface area contributed by atoms with E-state index in [0.717, 1.165) is 20.6 Å². The summed E-state index contributed by atoms with van der Waals surface area (Å²) in [6.45, 7) is 1.48. The molecule has 3 aromatic carbocycles. The molecule has 0 heterocycles. The lowest BCUT2D eigenvalue weighted by atomic mass is 10.1. The Morgan fingerprint density at radius 3 is 2.39 bits per heavy atom. The van der Waals surface area contributed by atoms with E-state index in [1.165, 1.54) is 7.05 Å². The minimum absolute atomic E-state index is 0.143. The normalized spacial score (nSPS) is 12.5. The number of rotatable bonds is 8. The van der Waals surface area contributed by atoms with E-state index in [4.69, 9.17) is 9.47 Å². The SMILES string of the molecule is COc1ccc(OC)c(C(C)NC(=O)CN(C)S(=O)(=O)c2ccc3ccccc3c2)c1. The van der Waals surface area contributed by atoms with Crippen molar-refractivity contribution in [2.45, 2.75) is 17.9 Å². The average molecular weight is 443 g/mol. The first-order valence-electron chi connectivity index (χ1n) is 9.72. The van der Waals surface area contributed by atoms with Crippen LogP contribution in [0.5, 0.6) is 11.5 Å². The topological polar surface area (TPSA) is 84.9 Å². The van der Waals surface area contributed by atoms with Crippen molar-refractivity contribution in [3.8, 4) is 11.5 Å². The number of carbonyl (C=O) groups is 1. The Labute approximate surface area is 182 Å². The predicted molar refractivity (Wildman–Crippen MR) is 120 cm³/mol. The molecule has 1 amide bonds. The molecule has 0 aliphatic heterocycles. The third-order valence-corrected chi connectivity index (χ3v) is 6.88. The van der Waals surface area contributed by atoms with Gasteiger partial charge >= 0.3 is 0 Å². The van der Waals surface area contributed by atoms with E-state index in [2.05, 4.69) is 5.32 Å². The van der Waals surface area contributed by atoms with Crippen LogP contribution in [-0.4, -0.2) is 46.4 Å². The molecule has 0 aliphatic carbocycles. The van der Waals surface area contributed by atoms with E-state index in [0.29, 0.717) is 11.5 Å². The number of hydrogen-bond acceptors (Lipinski definition) is 5. The van der Waals surface area contributed by atoms with Gasteiger partial charge in [0.25, 0.3) is 0 Å². The van der Waals surface area contributed by atoms with Gasteiger partial charge in [0.15, 0.2) is 0 Å². The summed E-state index contributed by atoms with van der Waals surface area (Å²) in [6.07, 6.45) is 0. The number of sulfonamides is 1. The van der Waals surface area contributed by atoms with Crippen LogP contribution in [0.2, 0.25) is 0 Å². The van der Waals surface area contributed by atoms with Crippen LogP contribution in [0.25, 0.3) is 10.8 Å². The molecule has 0 bridgehead atoms. The maximum atomic E-state index is 13.0. The Kier molecular flexibility index (Phi) is 6.82. The van der Waals surface area contributed by atoms with Gasteiger partial charge < -0.3 is 14.8 Å². The molecule has 0 aromatic heterocycles. The van der Waals surface area contributed by atoms with Gasteiger partial charge in [-0.2, -0.15) is 4.31 Å². The van der Waals surface area contributed by atoms with Crippen LogP contribution in [0.4, 0.5) is 0 Å². The Balaban J connectivity index is 1.73. The zero-order valence-corrected chi connectivity index (χ0v) is 18.8. The largest absolute Gasteiger partial charge is 0.497 e. The standard InChI is InChI=1S/C23H26N2O5S/c1-16(21-14-19(29-3)10-12-22(21)30-4)24-23(26)15-25(2)31(27,28)20-11-9-17-7-5-6-8-18(17)13-20/h5-14,16H,15H2,1-4H3,(H,24,26). The Bertz CT molecular complexity index is 1190. The fourth-order valence-corrected chi connectivity index (χ4v) is 4.50. The maximum absolute atomic E-state index is 13.0. The summed E-state index contributed by atoms with van der Waals surface area (Å²) in [4.78, 5) is 12.7. The van der Waals surface area contributed by atoms with Gasteiger partial charge in [-0.3, -0.25) is 4.79 Å². The lowest BCUT2D eigenvalue weighted by molar-refractivity contribution is -0.121. The molecule has 3 aromatic rings. The summed E-state index contributed by atoms with van der Waals surface area (Å²) in [7, 11) is 0.671. The molecular weight excluding hydrogens is 416 g/mol. The van der Waals surface area contributed by atoms with Gasteiger partial charge in [0, 0.05) is 12.6 Å². The molecule has 0 aliphatic rings. The second-order valence-electron chi connectivity index (χ2n) is 7.17. The van der Waals surface area contributed by atoms with Crippen molar-refractivity contribution in [1.82, 2.24) is 9.62 Å². The van der Waals surface area contributed by atoms with Crippen LogP contribution in [0.15, 0.2) is 65.6 Å². The van der Waals surface area contributed by atoms with Crippen LogP contribution in [-0.2, 0) is 14.8 Å². The Morgan fingerprint density at radius 2 is 1.71 bits per heavy atom. The molecule has 3 rings (SSSR count). The second kappa shape index (κ2) is 9.36. The number of fused-ring (bicyclic) bond motifs is 1. The minimum Gasteiger partial charge on any atom is -0.497 e. The molecule has 1 N–H and O–H groups in total. The van der Waals surface area contributed by atoms with Crippen molar-refractivity contribution in [3.05, 3.63) is 66.2 Å². The molecule has 1 atom stereocenters. The van der Waals surface area contributed by atoms with E-state index in [1.54, 1.807) is 57.5 Å². The molecule has 31 heavy (non-hydrogen) atoms. The van der Waals surface area contributed by atoms with Crippen molar-refractivity contribution in [1.29, 1.82) is 0 Å². The minimum atomic E-state index is -3.82. The Hall–Kier alpha value is -3.10. The van der Waals surface area contributed by atoms with Crippen LogP contribution in [0.3, 0.4) is 0 Å². The number of methoxy groups -OCH3 is 2. The van der Waals surface area contributed by atoms with Crippen molar-refractivity contribution in [3.63, 3.8) is 0 Å². The van der Waals surface area contributed by atoms with E-state index < -0.39 is 22.0 Å². The highest BCUT2D eigenvalue weighted by molar-refractivity contribution is 7.89. The smallest absolute Gasteiger partial charge is 0.243 e. The van der Waals surface area contributed by atoms with Crippen molar-refractivity contribution >= 4 is 26.7 Å². The van der Waals surface area contributed by atoms with Crippen molar-refractivity contribution in [2.24, 2.45) is 0 Å². The summed E-state index contributed by atoms with van der Waals surface area (Å²) in [6, 6.07) is 17.3. The number of ether oxygens (including phenoxy) is 2. The van der Waals surface area contributed by atoms with Gasteiger partial charge in [-0.05, 0) is 48.0 Å². The molecule has 1 unspecified atom stereocenters. The van der Waals surface area contributed by atoms with Gasteiger partial charge in [0.2, 0.25) is 15.9 Å². The van der Waals surface area contributed by atoms with Gasteiger partial charge in [0.05, 0.1) is 31.7 Å². The van der Waals surface area contributed by atoms with E-state index in [9.17, 15) is 13.2 Å². The lowest BCUT2D eigenvalue weighted by Crippen LogP contribution is -2.39. The molecule has 0 radical (unpaired) electrons. The van der Waals surface area contributed by atoms with Crippen LogP contribution >= 0.6 is 0 Å². The fourth-order valence-electron chi connectivity index (χ4n) is 3.34. The molecular formula is C23H26N2O5S. The number of nitrogens with one attached hydrogen (secondary N) is 1. The van der Waals surface area contributed by atoms with Crippen LogP contribution < -0.4 is 14.8 Å². The number of likely N-dealkylation sites (N-methyl/N-ethyl adjacent to an activating group) is 1. The van der Waals surface area contributed by atoms with Gasteiger partial charge in [-0.15, -0.1) is 0 Å². The number of nitrogens with zero attached hydrogens (tertiary/aromatic N) is 1. The first-order valence-corrected chi connectivity index (χ1v) is 11.2. The number of hydrogen-bond donors (Lipinski definition) is 1. The van der Waals surface area contributed by atoms with Crippen LogP contribution in [0.1, 0.15) is 18.5 Å². The van der Waals surface area contributed by atoms with Gasteiger partial charge in [-0.1, -0.05) is 30.3 Å². The quantitative estimate of drug-likeness (QED) is 0.578. The fraction of sp³-hybridized carbons (Fsp3) is 0.261. The lowest BCUT2D eigenvalue weighted by Gasteiger charge is -2.21. The van der Waals surface area contributed by atoms with E-state index in [-0.39, 0.29) is 11.4 Å². The summed E-state index contributed by atoms with van der Waals surface area (Å²) in [5, 5.41) is 4.59. The van der Waals surface area contributed by atoms with Gasteiger partial charge in [0.1, 0.15) is 11.5 Å². The van der Waals surface area contributed by atoms with Gasteiger partial charge in [-0.25, -0.2) is 8.42 Å². The average Bonchev–Trinajstić information content (AvgIpc) is 2.77. The summed E-state index contributed by atoms with van der Waals surface area (Å²) < 4.78 is 37.6. The van der Waals surface area contributed by atoms with E-state index in [1.807, 2.05) is 24.3 Å². The second-order valence-corrected chi connectivity index (χ2v) is 9.21. The van der Waals surface area contributed by atoms with E-state index >= 15 is 0 Å². The Morgan fingerprint density at radius 1 is 1.00 bits per heavy atom. The molecule has 0 saturated heterocycles. The highest BCUT2D eigenvalue weighted by atomic mass is 32.2. The molecule has 8 heteroatoms. The zero-order chi connectivity index (χ0) is 22.6. The zero-order valence-electron chi connectivity index (χ0n) is 18.0. The molecule has 0 saturated carbocycles. The third kappa shape index (κ3) is 4.98. The van der Waals surface area contributed by atoms with Crippen LogP contribution in [0, 0.1) is 0 Å². The monoisotopic (exact) mass is 442 g/mol. The molecule has 0 spiro atoms. The highest BCUT2D eigenvalue weighted by Gasteiger charge is 2.24. The number of amides is 1. The predicted octanol–water partition coefficient (Wildman–Crippen LogP) is 3.35. The molecule has 0 fully saturated rings. The first-order chi connectivity index (χ1) is 14.8. The summed E-state index contributed by atoms with van der Waals surface area (Å²) >= 11 is 0. The first kappa shape index (κ1) is 22.6. The van der Waals surface area contributed by atoms with Crippen molar-refractivity contribution < 1.29 is 22.7 Å². The third-order valence-electron chi connectivity index (χ3n) is 5.08. The molecule has 164 valence electrons. The van der Waals surface area contributed by atoms with Crippen molar-refractivity contribution in [2.75, 3.05) is 27.8 Å². The summed E-state index contributed by atoms with van der Waals surface area (Å²) in [5.41, 5.74) is 0.732. The highest BCUT2D eigenvalue weighted by Crippen LogP contribution is 2.29. The maximum Gasteiger partial charge on any atom is 0.243 e. The number of benzene rings is 3. The summed E-state index contributed by atoms with van der Waals surface area (Å²) in [5.74, 6) is 0.808. The number of carbonyl (C=O) groups excluding carboxylic acids is 1. The molecule has 7 nitrogen and oxygen atoms in total.